The number of benzene rings is 1. The molecule has 9 heteroatoms. The third-order valence-corrected chi connectivity index (χ3v) is 7.00. The zero-order chi connectivity index (χ0) is 21.2. The molecule has 1 aromatic heterocycles. The van der Waals surface area contributed by atoms with Gasteiger partial charge in [0.15, 0.2) is 0 Å². The van der Waals surface area contributed by atoms with Gasteiger partial charge in [-0.15, -0.1) is 0 Å². The minimum absolute atomic E-state index is 0.0180. The third-order valence-electron chi connectivity index (χ3n) is 5.19. The number of hydrogen-bond acceptors (Lipinski definition) is 7. The summed E-state index contributed by atoms with van der Waals surface area (Å²) in [4.78, 5) is 15.1. The van der Waals surface area contributed by atoms with E-state index in [1.807, 2.05) is 0 Å². The molecule has 1 aromatic carbocycles. The Labute approximate surface area is 171 Å². The Kier molecular flexibility index (Phi) is 6.28. The summed E-state index contributed by atoms with van der Waals surface area (Å²) in [6.45, 7) is 5.20. The van der Waals surface area contributed by atoms with Crippen LogP contribution < -0.4 is 4.90 Å². The van der Waals surface area contributed by atoms with Crippen molar-refractivity contribution in [2.75, 3.05) is 32.1 Å². The first-order valence-electron chi connectivity index (χ1n) is 9.62. The molecule has 0 spiro atoms. The van der Waals surface area contributed by atoms with Gasteiger partial charge in [-0.3, -0.25) is 0 Å². The van der Waals surface area contributed by atoms with E-state index in [2.05, 4.69) is 10.1 Å². The maximum absolute atomic E-state index is 13.0. The summed E-state index contributed by atoms with van der Waals surface area (Å²) in [5.74, 6) is 0.0249. The number of aryl methyl sites for hydroxylation is 2. The second-order valence-electron chi connectivity index (χ2n) is 7.39. The van der Waals surface area contributed by atoms with Crippen LogP contribution in [0.5, 0.6) is 0 Å². The van der Waals surface area contributed by atoms with Crippen molar-refractivity contribution < 1.29 is 22.5 Å². The number of anilines is 1. The molecule has 1 saturated heterocycles. The second kappa shape index (κ2) is 8.54. The molecular weight excluding hydrogens is 394 g/mol. The highest BCUT2D eigenvalue weighted by Crippen LogP contribution is 2.29. The molecule has 1 fully saturated rings. The van der Waals surface area contributed by atoms with Crippen molar-refractivity contribution in [2.45, 2.75) is 44.6 Å². The van der Waals surface area contributed by atoms with Crippen molar-refractivity contribution in [3.63, 3.8) is 0 Å². The molecule has 2 aromatic rings. The van der Waals surface area contributed by atoms with Gasteiger partial charge in [0.1, 0.15) is 12.4 Å². The third kappa shape index (κ3) is 4.45. The summed E-state index contributed by atoms with van der Waals surface area (Å²) in [6.07, 6.45) is 3.21. The summed E-state index contributed by atoms with van der Waals surface area (Å²) in [5, 5.41) is 3.86. The van der Waals surface area contributed by atoms with Gasteiger partial charge in [0.25, 0.3) is 0 Å². The first kappa shape index (κ1) is 21.3. The van der Waals surface area contributed by atoms with E-state index in [1.165, 1.54) is 20.2 Å². The van der Waals surface area contributed by atoms with Crippen molar-refractivity contribution in [3.8, 4) is 0 Å². The lowest BCUT2D eigenvalue weighted by atomic mass is 10.1. The van der Waals surface area contributed by atoms with Gasteiger partial charge in [-0.2, -0.15) is 0 Å². The van der Waals surface area contributed by atoms with Gasteiger partial charge in [0, 0.05) is 27.2 Å². The summed E-state index contributed by atoms with van der Waals surface area (Å²) >= 11 is 0. The van der Waals surface area contributed by atoms with Gasteiger partial charge >= 0.3 is 5.97 Å². The fourth-order valence-electron chi connectivity index (χ4n) is 3.38. The van der Waals surface area contributed by atoms with Crippen molar-refractivity contribution in [3.05, 3.63) is 40.8 Å². The van der Waals surface area contributed by atoms with Gasteiger partial charge in [0.05, 0.1) is 27.4 Å². The number of carbonyl (C=O) groups is 1. The van der Waals surface area contributed by atoms with Gasteiger partial charge in [0.2, 0.25) is 10.0 Å². The second-order valence-corrected chi connectivity index (χ2v) is 9.54. The number of piperidine rings is 1. The molecule has 0 atom stereocenters. The first-order valence-corrected chi connectivity index (χ1v) is 11.1. The number of ether oxygens (including phenoxy) is 1. The van der Waals surface area contributed by atoms with Crippen LogP contribution in [0.15, 0.2) is 27.6 Å². The van der Waals surface area contributed by atoms with E-state index in [0.717, 1.165) is 42.2 Å². The normalized spacial score (nSPS) is 15.0. The fraction of sp³-hybridized carbons (Fsp3) is 0.500. The molecular formula is C20H27N3O5S. The molecule has 2 heterocycles. The molecule has 0 radical (unpaired) electrons. The SMILES string of the molecule is Cc1noc(C)c1COC(=O)c1cc(S(=O)(=O)N(C)C)ccc1N1CCCCC1. The van der Waals surface area contributed by atoms with Crippen molar-refractivity contribution in [1.82, 2.24) is 9.46 Å². The molecule has 0 amide bonds. The first-order chi connectivity index (χ1) is 13.7. The average molecular weight is 422 g/mol. The van der Waals surface area contributed by atoms with Gasteiger partial charge in [-0.05, 0) is 51.3 Å². The minimum atomic E-state index is -3.67. The lowest BCUT2D eigenvalue weighted by molar-refractivity contribution is 0.0471. The highest BCUT2D eigenvalue weighted by molar-refractivity contribution is 7.89. The molecule has 1 aliphatic rings. The highest BCUT2D eigenvalue weighted by atomic mass is 32.2. The van der Waals surface area contributed by atoms with E-state index in [1.54, 1.807) is 26.0 Å². The van der Waals surface area contributed by atoms with Crippen LogP contribution in [-0.4, -0.2) is 51.0 Å². The lowest BCUT2D eigenvalue weighted by Gasteiger charge is -2.30. The maximum atomic E-state index is 13.0. The van der Waals surface area contributed by atoms with Crippen molar-refractivity contribution in [2.24, 2.45) is 0 Å². The Balaban J connectivity index is 1.95. The fourth-order valence-corrected chi connectivity index (χ4v) is 4.31. The van der Waals surface area contributed by atoms with Crippen molar-refractivity contribution in [1.29, 1.82) is 0 Å². The number of esters is 1. The molecule has 0 aliphatic carbocycles. The summed E-state index contributed by atoms with van der Waals surface area (Å²) in [7, 11) is -0.747. The van der Waals surface area contributed by atoms with Gasteiger partial charge < -0.3 is 14.2 Å². The number of rotatable bonds is 6. The van der Waals surface area contributed by atoms with Crippen LogP contribution in [0.1, 0.15) is 46.6 Å². The summed E-state index contributed by atoms with van der Waals surface area (Å²) in [6, 6.07) is 4.66. The lowest BCUT2D eigenvalue weighted by Crippen LogP contribution is -2.31. The summed E-state index contributed by atoms with van der Waals surface area (Å²) in [5.41, 5.74) is 2.33. The zero-order valence-corrected chi connectivity index (χ0v) is 18.1. The smallest absolute Gasteiger partial charge is 0.340 e. The van der Waals surface area contributed by atoms with Gasteiger partial charge in [-0.25, -0.2) is 17.5 Å². The number of sulfonamides is 1. The van der Waals surface area contributed by atoms with Crippen LogP contribution in [0.3, 0.4) is 0 Å². The van der Waals surface area contributed by atoms with Crippen LogP contribution in [-0.2, 0) is 21.4 Å². The molecule has 8 nitrogen and oxygen atoms in total. The van der Waals surface area contributed by atoms with E-state index < -0.39 is 16.0 Å². The number of carbonyl (C=O) groups excluding carboxylic acids is 1. The Hall–Kier alpha value is -2.39. The maximum Gasteiger partial charge on any atom is 0.340 e. The zero-order valence-electron chi connectivity index (χ0n) is 17.3. The topological polar surface area (TPSA) is 92.9 Å². The molecule has 1 aliphatic heterocycles. The van der Waals surface area contributed by atoms with Crippen LogP contribution in [0, 0.1) is 13.8 Å². The quantitative estimate of drug-likeness (QED) is 0.662. The predicted octanol–water partition coefficient (Wildman–Crippen LogP) is 2.89. The van der Waals surface area contributed by atoms with Gasteiger partial charge in [-0.1, -0.05) is 5.16 Å². The molecule has 29 heavy (non-hydrogen) atoms. The van der Waals surface area contributed by atoms with E-state index in [9.17, 15) is 13.2 Å². The Bertz CT molecular complexity index is 972. The molecule has 0 N–H and O–H groups in total. The molecule has 3 rings (SSSR count). The molecule has 0 unspecified atom stereocenters. The highest BCUT2D eigenvalue weighted by Gasteiger charge is 2.25. The Morgan fingerprint density at radius 2 is 1.90 bits per heavy atom. The monoisotopic (exact) mass is 421 g/mol. The predicted molar refractivity (Wildman–Crippen MR) is 108 cm³/mol. The molecule has 0 saturated carbocycles. The van der Waals surface area contributed by atoms with E-state index in [-0.39, 0.29) is 17.1 Å². The van der Waals surface area contributed by atoms with Crippen LogP contribution in [0.4, 0.5) is 5.69 Å². The van der Waals surface area contributed by atoms with Crippen LogP contribution in [0.25, 0.3) is 0 Å². The van der Waals surface area contributed by atoms with E-state index in [4.69, 9.17) is 9.26 Å². The van der Waals surface area contributed by atoms with E-state index in [0.29, 0.717) is 17.1 Å². The largest absolute Gasteiger partial charge is 0.457 e. The molecule has 158 valence electrons. The molecule has 0 bridgehead atoms. The number of aromatic nitrogens is 1. The summed E-state index contributed by atoms with van der Waals surface area (Å²) < 4.78 is 36.9. The van der Waals surface area contributed by atoms with Crippen LogP contribution >= 0.6 is 0 Å². The Morgan fingerprint density at radius 3 is 2.48 bits per heavy atom. The standard InChI is InChI=1S/C20H27N3O5S/c1-14-18(15(2)28-21-14)13-27-20(24)17-12-16(29(25,26)22(3)4)8-9-19(17)23-10-6-5-7-11-23/h8-9,12H,5-7,10-11,13H2,1-4H3. The van der Waals surface area contributed by atoms with Crippen LogP contribution in [0.2, 0.25) is 0 Å². The average Bonchev–Trinajstić information content (AvgIpc) is 3.03. The number of hydrogen-bond donors (Lipinski definition) is 0. The number of nitrogens with zero attached hydrogens (tertiary/aromatic N) is 3. The van der Waals surface area contributed by atoms with E-state index >= 15 is 0 Å². The van der Waals surface area contributed by atoms with Crippen molar-refractivity contribution >= 4 is 21.7 Å². The Morgan fingerprint density at radius 1 is 1.21 bits per heavy atom. The minimum Gasteiger partial charge on any atom is -0.457 e.